The van der Waals surface area contributed by atoms with Gasteiger partial charge in [0.25, 0.3) is 0 Å². The van der Waals surface area contributed by atoms with Gasteiger partial charge in [0.2, 0.25) is 0 Å². The number of hydrogen-bond acceptors (Lipinski definition) is 1. The molecule has 2 aromatic rings. The van der Waals surface area contributed by atoms with Crippen LogP contribution in [0.5, 0.6) is 0 Å². The summed E-state index contributed by atoms with van der Waals surface area (Å²) < 4.78 is 1.18. The van der Waals surface area contributed by atoms with E-state index in [0.717, 1.165) is 19.5 Å². The number of rotatable bonds is 5. The predicted molar refractivity (Wildman–Crippen MR) is 85.2 cm³/mol. The molecule has 19 heavy (non-hydrogen) atoms. The molecule has 0 heterocycles. The third-order valence-corrected chi connectivity index (χ3v) is 4.02. The standard InChI is InChI=1S/C17H20BrN/c1-3-14-5-7-15(8-6-14)11-19-12-16-9-4-13(2)10-17(16)18/h4-10,19H,3,11-12H2,1-2H3. The normalized spacial score (nSPS) is 10.7. The zero-order valence-corrected chi connectivity index (χ0v) is 13.1. The van der Waals surface area contributed by atoms with Crippen LogP contribution in [0, 0.1) is 6.92 Å². The topological polar surface area (TPSA) is 12.0 Å². The molecule has 1 nitrogen and oxygen atoms in total. The maximum Gasteiger partial charge on any atom is 0.0222 e. The van der Waals surface area contributed by atoms with Crippen LogP contribution >= 0.6 is 15.9 Å². The van der Waals surface area contributed by atoms with Crippen LogP contribution < -0.4 is 5.32 Å². The molecule has 0 spiro atoms. The van der Waals surface area contributed by atoms with E-state index >= 15 is 0 Å². The van der Waals surface area contributed by atoms with Crippen molar-refractivity contribution in [3.63, 3.8) is 0 Å². The van der Waals surface area contributed by atoms with Crippen LogP contribution in [0.3, 0.4) is 0 Å². The number of aryl methyl sites for hydroxylation is 2. The monoisotopic (exact) mass is 317 g/mol. The molecule has 0 unspecified atom stereocenters. The molecular formula is C17H20BrN. The van der Waals surface area contributed by atoms with E-state index in [1.165, 1.54) is 26.7 Å². The Hall–Kier alpha value is -1.12. The molecule has 0 saturated heterocycles. The second-order valence-corrected chi connectivity index (χ2v) is 5.72. The Morgan fingerprint density at radius 3 is 2.26 bits per heavy atom. The van der Waals surface area contributed by atoms with E-state index in [1.807, 2.05) is 0 Å². The number of benzene rings is 2. The first kappa shape index (κ1) is 14.3. The van der Waals surface area contributed by atoms with Crippen LogP contribution in [0.2, 0.25) is 0 Å². The lowest BCUT2D eigenvalue weighted by Crippen LogP contribution is -2.13. The summed E-state index contributed by atoms with van der Waals surface area (Å²) in [4.78, 5) is 0. The Morgan fingerprint density at radius 2 is 1.63 bits per heavy atom. The molecule has 2 aromatic carbocycles. The van der Waals surface area contributed by atoms with Crippen molar-refractivity contribution >= 4 is 15.9 Å². The number of hydrogen-bond donors (Lipinski definition) is 1. The summed E-state index contributed by atoms with van der Waals surface area (Å²) in [6.07, 6.45) is 1.10. The second-order valence-electron chi connectivity index (χ2n) is 4.87. The Bertz CT molecular complexity index is 531. The average Bonchev–Trinajstić information content (AvgIpc) is 2.42. The Kier molecular flexibility index (Phi) is 5.17. The highest BCUT2D eigenvalue weighted by Gasteiger charge is 2.00. The van der Waals surface area contributed by atoms with Crippen molar-refractivity contribution in [3.8, 4) is 0 Å². The number of nitrogens with one attached hydrogen (secondary N) is 1. The molecule has 0 aliphatic rings. The van der Waals surface area contributed by atoms with Gasteiger partial charge in [-0.3, -0.25) is 0 Å². The fraction of sp³-hybridized carbons (Fsp3) is 0.294. The molecule has 0 atom stereocenters. The third kappa shape index (κ3) is 4.19. The molecule has 0 fully saturated rings. The van der Waals surface area contributed by atoms with Gasteiger partial charge in [-0.15, -0.1) is 0 Å². The molecule has 0 aliphatic heterocycles. The second kappa shape index (κ2) is 6.88. The molecule has 0 saturated carbocycles. The van der Waals surface area contributed by atoms with E-state index in [2.05, 4.69) is 77.6 Å². The molecule has 0 amide bonds. The van der Waals surface area contributed by atoms with E-state index < -0.39 is 0 Å². The van der Waals surface area contributed by atoms with Gasteiger partial charge in [-0.2, -0.15) is 0 Å². The SMILES string of the molecule is CCc1ccc(CNCc2ccc(C)cc2Br)cc1. The lowest BCUT2D eigenvalue weighted by atomic mass is 10.1. The zero-order valence-electron chi connectivity index (χ0n) is 11.5. The smallest absolute Gasteiger partial charge is 0.0222 e. The van der Waals surface area contributed by atoms with E-state index in [9.17, 15) is 0 Å². The summed E-state index contributed by atoms with van der Waals surface area (Å²) >= 11 is 3.61. The van der Waals surface area contributed by atoms with Gasteiger partial charge < -0.3 is 5.32 Å². The maximum atomic E-state index is 3.61. The van der Waals surface area contributed by atoms with Gasteiger partial charge in [0.05, 0.1) is 0 Å². The first-order valence-electron chi connectivity index (χ1n) is 6.72. The summed E-state index contributed by atoms with van der Waals surface area (Å²) in [6, 6.07) is 15.3. The van der Waals surface area contributed by atoms with Gasteiger partial charge >= 0.3 is 0 Å². The van der Waals surface area contributed by atoms with Crippen LogP contribution in [0.1, 0.15) is 29.2 Å². The Morgan fingerprint density at radius 1 is 0.947 bits per heavy atom. The molecule has 0 bridgehead atoms. The van der Waals surface area contributed by atoms with Crippen molar-refractivity contribution in [2.24, 2.45) is 0 Å². The van der Waals surface area contributed by atoms with Crippen LogP contribution in [0.15, 0.2) is 46.9 Å². The van der Waals surface area contributed by atoms with Crippen LogP contribution in [-0.2, 0) is 19.5 Å². The molecule has 0 aromatic heterocycles. The summed E-state index contributed by atoms with van der Waals surface area (Å²) in [6.45, 7) is 6.08. The lowest BCUT2D eigenvalue weighted by molar-refractivity contribution is 0.691. The maximum absolute atomic E-state index is 3.61. The van der Waals surface area contributed by atoms with Crippen molar-refractivity contribution in [2.75, 3.05) is 0 Å². The zero-order chi connectivity index (χ0) is 13.7. The minimum atomic E-state index is 0.885. The van der Waals surface area contributed by atoms with E-state index in [4.69, 9.17) is 0 Å². The minimum Gasteiger partial charge on any atom is -0.309 e. The Balaban J connectivity index is 1.88. The van der Waals surface area contributed by atoms with Crippen LogP contribution in [0.25, 0.3) is 0 Å². The highest BCUT2D eigenvalue weighted by Crippen LogP contribution is 2.18. The number of halogens is 1. The molecule has 0 radical (unpaired) electrons. The third-order valence-electron chi connectivity index (χ3n) is 3.28. The summed E-state index contributed by atoms with van der Waals surface area (Å²) in [5.74, 6) is 0. The highest BCUT2D eigenvalue weighted by molar-refractivity contribution is 9.10. The fourth-order valence-corrected chi connectivity index (χ4v) is 2.66. The first-order valence-corrected chi connectivity index (χ1v) is 7.52. The highest BCUT2D eigenvalue weighted by atomic mass is 79.9. The average molecular weight is 318 g/mol. The molecule has 100 valence electrons. The van der Waals surface area contributed by atoms with Gasteiger partial charge in [-0.05, 0) is 41.7 Å². The molecule has 0 aliphatic carbocycles. The van der Waals surface area contributed by atoms with Crippen LogP contribution in [0.4, 0.5) is 0 Å². The van der Waals surface area contributed by atoms with Gasteiger partial charge in [0.15, 0.2) is 0 Å². The van der Waals surface area contributed by atoms with E-state index in [0.29, 0.717) is 0 Å². The molecular weight excluding hydrogens is 298 g/mol. The minimum absolute atomic E-state index is 0.885. The largest absolute Gasteiger partial charge is 0.309 e. The molecule has 2 heteroatoms. The summed E-state index contributed by atoms with van der Waals surface area (Å²) in [5, 5.41) is 3.49. The predicted octanol–water partition coefficient (Wildman–Crippen LogP) is 4.61. The van der Waals surface area contributed by atoms with E-state index in [-0.39, 0.29) is 0 Å². The summed E-state index contributed by atoms with van der Waals surface area (Å²) in [5.41, 5.74) is 5.31. The molecule has 2 rings (SSSR count). The summed E-state index contributed by atoms with van der Waals surface area (Å²) in [7, 11) is 0. The lowest BCUT2D eigenvalue weighted by Gasteiger charge is -2.08. The Labute approximate surface area is 124 Å². The quantitative estimate of drug-likeness (QED) is 0.849. The van der Waals surface area contributed by atoms with Crippen molar-refractivity contribution in [1.82, 2.24) is 5.32 Å². The van der Waals surface area contributed by atoms with Crippen molar-refractivity contribution in [2.45, 2.75) is 33.4 Å². The van der Waals surface area contributed by atoms with Crippen molar-refractivity contribution in [3.05, 3.63) is 69.2 Å². The van der Waals surface area contributed by atoms with Crippen molar-refractivity contribution < 1.29 is 0 Å². The first-order chi connectivity index (χ1) is 9.19. The molecule has 1 N–H and O–H groups in total. The van der Waals surface area contributed by atoms with Gasteiger partial charge in [0.1, 0.15) is 0 Å². The van der Waals surface area contributed by atoms with Gasteiger partial charge in [-0.25, -0.2) is 0 Å². The van der Waals surface area contributed by atoms with Crippen LogP contribution in [-0.4, -0.2) is 0 Å². The van der Waals surface area contributed by atoms with Crippen molar-refractivity contribution in [1.29, 1.82) is 0 Å². The fourth-order valence-electron chi connectivity index (χ4n) is 2.03. The van der Waals surface area contributed by atoms with E-state index in [1.54, 1.807) is 0 Å². The van der Waals surface area contributed by atoms with Gasteiger partial charge in [0, 0.05) is 17.6 Å². The van der Waals surface area contributed by atoms with Gasteiger partial charge in [-0.1, -0.05) is 59.3 Å².